The number of amides is 1. The number of anilines is 1. The minimum atomic E-state index is -0.388. The van der Waals surface area contributed by atoms with Gasteiger partial charge in [-0.05, 0) is 32.0 Å². The van der Waals surface area contributed by atoms with E-state index in [1.54, 1.807) is 6.20 Å². The third kappa shape index (κ3) is 2.61. The molecule has 1 amide bonds. The van der Waals surface area contributed by atoms with E-state index < -0.39 is 0 Å². The highest BCUT2D eigenvalue weighted by Gasteiger charge is 2.38. The lowest BCUT2D eigenvalue weighted by molar-refractivity contribution is -0.126. The summed E-state index contributed by atoms with van der Waals surface area (Å²) in [5.41, 5.74) is 7.12. The number of rotatable bonds is 4. The van der Waals surface area contributed by atoms with Crippen molar-refractivity contribution in [3.63, 3.8) is 0 Å². The molecule has 1 aliphatic heterocycles. The summed E-state index contributed by atoms with van der Waals surface area (Å²) in [6.45, 7) is 4.31. The number of nitrogens with two attached hydrogens (primary N) is 1. The van der Waals surface area contributed by atoms with Gasteiger partial charge in [0.05, 0.1) is 11.1 Å². The zero-order chi connectivity index (χ0) is 13.2. The molecule has 0 aliphatic carbocycles. The Bertz CT molecular complexity index is 448. The van der Waals surface area contributed by atoms with Crippen molar-refractivity contribution in [1.29, 1.82) is 0 Å². The molecule has 0 bridgehead atoms. The molecule has 1 aliphatic rings. The summed E-state index contributed by atoms with van der Waals surface area (Å²) in [5.74, 6) is -0.207. The van der Waals surface area contributed by atoms with Crippen molar-refractivity contribution in [1.82, 2.24) is 9.88 Å². The van der Waals surface area contributed by atoms with Crippen LogP contribution >= 0.6 is 0 Å². The van der Waals surface area contributed by atoms with E-state index in [0.717, 1.165) is 30.9 Å². The summed E-state index contributed by atoms with van der Waals surface area (Å²) in [6.07, 6.45) is 2.62. The fourth-order valence-corrected chi connectivity index (χ4v) is 2.34. The van der Waals surface area contributed by atoms with E-state index in [1.807, 2.05) is 26.1 Å². The molecule has 5 heteroatoms. The molecule has 0 spiro atoms. The Hall–Kier alpha value is -1.62. The Morgan fingerprint density at radius 1 is 1.67 bits per heavy atom. The number of carbonyl (C=O) groups is 1. The normalized spacial score (nSPS) is 24.1. The molecule has 18 heavy (non-hydrogen) atoms. The summed E-state index contributed by atoms with van der Waals surface area (Å²) in [6, 6.07) is 3.96. The molecule has 0 radical (unpaired) electrons. The first-order chi connectivity index (χ1) is 8.53. The van der Waals surface area contributed by atoms with Crippen LogP contribution < -0.4 is 11.1 Å². The molecule has 98 valence electrons. The Morgan fingerprint density at radius 2 is 2.44 bits per heavy atom. The van der Waals surface area contributed by atoms with E-state index in [2.05, 4.69) is 15.2 Å². The second kappa shape index (κ2) is 4.94. The van der Waals surface area contributed by atoms with Gasteiger partial charge in [0.15, 0.2) is 0 Å². The number of aromatic nitrogens is 1. The summed E-state index contributed by atoms with van der Waals surface area (Å²) >= 11 is 0. The molecule has 2 rings (SSSR count). The first-order valence-electron chi connectivity index (χ1n) is 6.18. The van der Waals surface area contributed by atoms with Crippen molar-refractivity contribution < 1.29 is 4.79 Å². The monoisotopic (exact) mass is 248 g/mol. The van der Waals surface area contributed by atoms with Gasteiger partial charge in [0.2, 0.25) is 5.91 Å². The van der Waals surface area contributed by atoms with Crippen LogP contribution in [0.25, 0.3) is 0 Å². The minimum absolute atomic E-state index is 0.207. The number of hydrogen-bond acceptors (Lipinski definition) is 4. The second-order valence-electron chi connectivity index (χ2n) is 5.17. The van der Waals surface area contributed by atoms with Crippen LogP contribution in [0.3, 0.4) is 0 Å². The highest BCUT2D eigenvalue weighted by molar-refractivity contribution is 5.81. The maximum absolute atomic E-state index is 11.4. The van der Waals surface area contributed by atoms with Crippen molar-refractivity contribution in [2.24, 2.45) is 11.1 Å². The molecule has 1 atom stereocenters. The molecule has 2 heterocycles. The number of nitrogens with one attached hydrogen (secondary N) is 1. The fourth-order valence-electron chi connectivity index (χ4n) is 2.34. The molecular formula is C13H20N4O. The third-order valence-electron chi connectivity index (χ3n) is 3.64. The first kappa shape index (κ1) is 12.8. The average Bonchev–Trinajstić information content (AvgIpc) is 2.72. The Balaban J connectivity index is 2.01. The van der Waals surface area contributed by atoms with Crippen LogP contribution in [-0.2, 0) is 11.3 Å². The molecule has 1 saturated heterocycles. The van der Waals surface area contributed by atoms with Gasteiger partial charge in [-0.25, -0.2) is 0 Å². The van der Waals surface area contributed by atoms with Gasteiger partial charge in [-0.15, -0.1) is 0 Å². The van der Waals surface area contributed by atoms with Crippen LogP contribution in [0, 0.1) is 5.41 Å². The summed E-state index contributed by atoms with van der Waals surface area (Å²) in [5, 5.41) is 3.09. The molecule has 1 unspecified atom stereocenters. The second-order valence-corrected chi connectivity index (χ2v) is 5.17. The standard InChI is InChI=1S/C13H20N4O/c1-13(12(14)18)4-6-17(9-13)8-11-7-10(15-2)3-5-16-11/h3,5,7H,4,6,8-9H2,1-2H3,(H2,14,18)(H,15,16). The molecular weight excluding hydrogens is 228 g/mol. The Kier molecular flexibility index (Phi) is 3.52. The van der Waals surface area contributed by atoms with E-state index in [-0.39, 0.29) is 11.3 Å². The predicted molar refractivity (Wildman–Crippen MR) is 71.0 cm³/mol. The van der Waals surface area contributed by atoms with Crippen LogP contribution in [0.1, 0.15) is 19.0 Å². The molecule has 0 aromatic carbocycles. The van der Waals surface area contributed by atoms with Crippen LogP contribution in [0.15, 0.2) is 18.3 Å². The van der Waals surface area contributed by atoms with Gasteiger partial charge in [0.1, 0.15) is 0 Å². The van der Waals surface area contributed by atoms with Crippen LogP contribution in [0.4, 0.5) is 5.69 Å². The minimum Gasteiger partial charge on any atom is -0.388 e. The molecule has 5 nitrogen and oxygen atoms in total. The quantitative estimate of drug-likeness (QED) is 0.827. The van der Waals surface area contributed by atoms with Gasteiger partial charge in [0.25, 0.3) is 0 Å². The van der Waals surface area contributed by atoms with Gasteiger partial charge < -0.3 is 11.1 Å². The zero-order valence-corrected chi connectivity index (χ0v) is 10.9. The van der Waals surface area contributed by atoms with Crippen molar-refractivity contribution >= 4 is 11.6 Å². The first-order valence-corrected chi connectivity index (χ1v) is 6.18. The van der Waals surface area contributed by atoms with E-state index >= 15 is 0 Å². The van der Waals surface area contributed by atoms with E-state index in [1.165, 1.54) is 0 Å². The SMILES string of the molecule is CNc1ccnc(CN2CCC(C)(C(N)=O)C2)c1. The predicted octanol–water partition coefficient (Wildman–Crippen LogP) is 0.821. The summed E-state index contributed by atoms with van der Waals surface area (Å²) in [4.78, 5) is 18.0. The number of pyridine rings is 1. The molecule has 1 aromatic heterocycles. The third-order valence-corrected chi connectivity index (χ3v) is 3.64. The zero-order valence-electron chi connectivity index (χ0n) is 10.9. The highest BCUT2D eigenvalue weighted by Crippen LogP contribution is 2.30. The highest BCUT2D eigenvalue weighted by atomic mass is 16.1. The van der Waals surface area contributed by atoms with Crippen molar-refractivity contribution in [3.05, 3.63) is 24.0 Å². The Labute approximate surface area is 107 Å². The number of primary amides is 1. The van der Waals surface area contributed by atoms with Gasteiger partial charge >= 0.3 is 0 Å². The topological polar surface area (TPSA) is 71.2 Å². The fraction of sp³-hybridized carbons (Fsp3) is 0.538. The van der Waals surface area contributed by atoms with Gasteiger partial charge in [0, 0.05) is 32.0 Å². The lowest BCUT2D eigenvalue weighted by atomic mass is 9.89. The van der Waals surface area contributed by atoms with E-state index in [4.69, 9.17) is 5.73 Å². The number of nitrogens with zero attached hydrogens (tertiary/aromatic N) is 2. The van der Waals surface area contributed by atoms with Crippen molar-refractivity contribution in [2.75, 3.05) is 25.5 Å². The smallest absolute Gasteiger partial charge is 0.224 e. The molecule has 1 aromatic rings. The van der Waals surface area contributed by atoms with Crippen molar-refractivity contribution in [2.45, 2.75) is 19.9 Å². The van der Waals surface area contributed by atoms with Gasteiger partial charge in [-0.1, -0.05) is 0 Å². The van der Waals surface area contributed by atoms with Gasteiger partial charge in [-0.3, -0.25) is 14.7 Å². The van der Waals surface area contributed by atoms with Gasteiger partial charge in [-0.2, -0.15) is 0 Å². The van der Waals surface area contributed by atoms with E-state index in [0.29, 0.717) is 6.54 Å². The Morgan fingerprint density at radius 3 is 3.06 bits per heavy atom. The van der Waals surface area contributed by atoms with Crippen molar-refractivity contribution in [3.8, 4) is 0 Å². The lowest BCUT2D eigenvalue weighted by Crippen LogP contribution is -2.37. The lowest BCUT2D eigenvalue weighted by Gasteiger charge is -2.20. The molecule has 0 saturated carbocycles. The number of carbonyl (C=O) groups excluding carboxylic acids is 1. The van der Waals surface area contributed by atoms with E-state index in [9.17, 15) is 4.79 Å². The summed E-state index contributed by atoms with van der Waals surface area (Å²) < 4.78 is 0. The summed E-state index contributed by atoms with van der Waals surface area (Å²) in [7, 11) is 1.89. The molecule has 1 fully saturated rings. The average molecular weight is 248 g/mol. The molecule has 3 N–H and O–H groups in total. The number of likely N-dealkylation sites (tertiary alicyclic amines) is 1. The maximum atomic E-state index is 11.4. The number of hydrogen-bond donors (Lipinski definition) is 2. The van der Waals surface area contributed by atoms with Crippen LogP contribution in [-0.4, -0.2) is 35.9 Å². The van der Waals surface area contributed by atoms with Crippen LogP contribution in [0.2, 0.25) is 0 Å². The largest absolute Gasteiger partial charge is 0.388 e. The maximum Gasteiger partial charge on any atom is 0.224 e. The van der Waals surface area contributed by atoms with Crippen LogP contribution in [0.5, 0.6) is 0 Å².